The van der Waals surface area contributed by atoms with Gasteiger partial charge in [0.05, 0.1) is 35.9 Å². The largest absolute Gasteiger partial charge is 0.458 e. The van der Waals surface area contributed by atoms with Crippen LogP contribution in [0.15, 0.2) is 37.1 Å². The fraction of sp³-hybridized carbons (Fsp3) is 0.727. The van der Waals surface area contributed by atoms with Gasteiger partial charge in [-0.2, -0.15) is 0 Å². The van der Waals surface area contributed by atoms with Crippen LogP contribution in [-0.4, -0.2) is 135 Å². The molecule has 0 aliphatic carbocycles. The van der Waals surface area contributed by atoms with Gasteiger partial charge in [-0.3, -0.25) is 24.3 Å². The Kier molecular flexibility index (Phi) is 13.1. The minimum Gasteiger partial charge on any atom is -0.458 e. The summed E-state index contributed by atoms with van der Waals surface area (Å²) in [7, 11) is 5.31. The molecule has 14 atom stereocenters. The van der Waals surface area contributed by atoms with Gasteiger partial charge in [0.1, 0.15) is 23.9 Å². The second-order valence-corrected chi connectivity index (χ2v) is 18.2. The Morgan fingerprint density at radius 1 is 1.05 bits per heavy atom. The fourth-order valence-electron chi connectivity index (χ4n) is 10.8. The number of nitrogens with zero attached hydrogens (tertiary/aromatic N) is 5. The van der Waals surface area contributed by atoms with E-state index in [9.17, 15) is 24.3 Å². The average molecular weight is 824 g/mol. The number of aryl methyl sites for hydroxylation is 1. The molecule has 15 nitrogen and oxygen atoms in total. The van der Waals surface area contributed by atoms with E-state index in [1.807, 2.05) is 76.5 Å². The van der Waals surface area contributed by atoms with Crippen LogP contribution in [0.25, 0.3) is 11.3 Å². The van der Waals surface area contributed by atoms with Crippen LogP contribution in [0.4, 0.5) is 4.79 Å². The number of esters is 1. The third-order valence-corrected chi connectivity index (χ3v) is 14.2. The van der Waals surface area contributed by atoms with Gasteiger partial charge in [0, 0.05) is 73.6 Å². The number of rotatable bonds is 10. The van der Waals surface area contributed by atoms with E-state index in [0.717, 1.165) is 11.3 Å². The molecule has 4 saturated heterocycles. The van der Waals surface area contributed by atoms with Crippen molar-refractivity contribution in [3.05, 3.63) is 37.1 Å². The smallest absolute Gasteiger partial charge is 0.410 e. The third-order valence-electron chi connectivity index (χ3n) is 14.2. The molecule has 4 bridgehead atoms. The number of hydrogen-bond acceptors (Lipinski definition) is 13. The van der Waals surface area contributed by atoms with Gasteiger partial charge in [-0.15, -0.1) is 0 Å². The highest BCUT2D eigenvalue weighted by atomic mass is 16.7. The van der Waals surface area contributed by atoms with Crippen LogP contribution >= 0.6 is 0 Å². The second kappa shape index (κ2) is 17.3. The first kappa shape index (κ1) is 44.8. The van der Waals surface area contributed by atoms with Gasteiger partial charge in [-0.1, -0.05) is 27.7 Å². The predicted octanol–water partition coefficient (Wildman–Crippen LogP) is 4.93. The van der Waals surface area contributed by atoms with Crippen LogP contribution < -0.4 is 0 Å². The lowest BCUT2D eigenvalue weighted by atomic mass is 9.58. The van der Waals surface area contributed by atoms with Crippen molar-refractivity contribution in [2.75, 3.05) is 27.7 Å². The zero-order valence-electron chi connectivity index (χ0n) is 36.6. The Hall–Kier alpha value is -3.76. The lowest BCUT2D eigenvalue weighted by Gasteiger charge is -2.57. The van der Waals surface area contributed by atoms with Gasteiger partial charge in [0.25, 0.3) is 0 Å². The number of ketones is 2. The van der Waals surface area contributed by atoms with Crippen LogP contribution in [0.1, 0.15) is 87.5 Å². The SMILES string of the molecule is CCC1OC(=O)C(C)C(=O)C(C)[C@@H](OC2OC(C)CC(N(C)C)C2O)C(C)(OC)C2(CCCn3cnc(-c4cccnc4)c3)CC(C)C(=O)C(C)C3N(C2)C(=O)O[C@]13C. The van der Waals surface area contributed by atoms with Crippen molar-refractivity contribution < 1.29 is 48.0 Å². The summed E-state index contributed by atoms with van der Waals surface area (Å²) in [5, 5.41) is 11.8. The first-order chi connectivity index (χ1) is 27.8. The molecule has 4 aliphatic rings. The van der Waals surface area contributed by atoms with Crippen LogP contribution in [0, 0.1) is 29.1 Å². The molecule has 0 radical (unpaired) electrons. The van der Waals surface area contributed by atoms with Crippen molar-refractivity contribution >= 4 is 23.6 Å². The topological polar surface area (TPSA) is 172 Å². The number of imidazole rings is 1. The number of likely N-dealkylation sites (N-methyl/N-ethyl adjacent to an activating group) is 1. The lowest BCUT2D eigenvalue weighted by Crippen LogP contribution is -2.68. The Balaban J connectivity index is 1.53. The maximum absolute atomic E-state index is 14.7. The molecule has 15 heteroatoms. The Morgan fingerprint density at radius 2 is 1.78 bits per heavy atom. The highest BCUT2D eigenvalue weighted by molar-refractivity contribution is 6.00. The maximum atomic E-state index is 14.7. The van der Waals surface area contributed by atoms with E-state index in [2.05, 4.69) is 9.97 Å². The molecular weight excluding hydrogens is 759 g/mol. The van der Waals surface area contributed by atoms with Crippen LogP contribution in [0.5, 0.6) is 0 Å². The molecule has 2 aromatic rings. The molecular formula is C44H65N5O10. The number of aromatic nitrogens is 3. The molecule has 12 unspecified atom stereocenters. The monoisotopic (exact) mass is 823 g/mol. The number of carbonyl (C=O) groups excluding carboxylic acids is 4. The van der Waals surface area contributed by atoms with Gasteiger partial charge >= 0.3 is 12.1 Å². The first-order valence-electron chi connectivity index (χ1n) is 21.2. The van der Waals surface area contributed by atoms with Crippen molar-refractivity contribution in [2.24, 2.45) is 29.1 Å². The number of aliphatic hydroxyl groups is 1. The summed E-state index contributed by atoms with van der Waals surface area (Å²) in [5.74, 6) is -4.73. The number of cyclic esters (lactones) is 1. The normalized spacial score (nSPS) is 39.5. The first-order valence-corrected chi connectivity index (χ1v) is 21.2. The highest BCUT2D eigenvalue weighted by Crippen LogP contribution is 2.54. The van der Waals surface area contributed by atoms with Crippen molar-refractivity contribution in [2.45, 2.75) is 148 Å². The number of fused-ring (bicyclic) bond motifs is 1. The number of hydrogen-bond donors (Lipinski definition) is 1. The van der Waals surface area contributed by atoms with Crippen LogP contribution in [0.2, 0.25) is 0 Å². The molecule has 59 heavy (non-hydrogen) atoms. The average Bonchev–Trinajstić information content (AvgIpc) is 3.78. The summed E-state index contributed by atoms with van der Waals surface area (Å²) in [6.07, 6.45) is 3.93. The van der Waals surface area contributed by atoms with E-state index in [4.69, 9.17) is 23.7 Å². The minimum atomic E-state index is -1.45. The number of amides is 1. The maximum Gasteiger partial charge on any atom is 0.410 e. The van der Waals surface area contributed by atoms with Gasteiger partial charge in [0.2, 0.25) is 0 Å². The standard InChI is InChI=1S/C44H65N5O10/c1-12-33-42(7)37-27(4)34(50)25(2)20-44(23-49(37)41(54)59-42,16-14-18-48-22-31(46-24-48)30-15-13-17-45-21-30)43(8,55-11)38(28(5)35(51)29(6)39(53)57-33)58-40-36(52)32(47(9)10)19-26(3)56-40/h13,15,17,21-22,24-29,32-33,36-38,40,52H,12,14,16,18-20,23H2,1-11H3/t25?,26?,27?,28?,29?,32?,33?,36?,37?,38-,40?,42-,43?,44?/m1/s1. The zero-order chi connectivity index (χ0) is 43.2. The van der Waals surface area contributed by atoms with E-state index in [0.29, 0.717) is 25.8 Å². The van der Waals surface area contributed by atoms with E-state index in [-0.39, 0.29) is 37.3 Å². The molecule has 326 valence electrons. The number of Topliss-reactive ketones (excluding diaryl/α,β-unsaturated/α-hetero) is 2. The molecule has 2 aromatic heterocycles. The molecule has 0 aromatic carbocycles. The van der Waals surface area contributed by atoms with Gasteiger partial charge < -0.3 is 38.3 Å². The van der Waals surface area contributed by atoms with Crippen molar-refractivity contribution in [3.8, 4) is 11.3 Å². The lowest BCUT2D eigenvalue weighted by molar-refractivity contribution is -0.309. The molecule has 0 saturated carbocycles. The molecule has 6 rings (SSSR count). The van der Waals surface area contributed by atoms with E-state index >= 15 is 0 Å². The Morgan fingerprint density at radius 3 is 2.42 bits per heavy atom. The van der Waals surface area contributed by atoms with E-state index < -0.39 is 88.8 Å². The molecule has 0 spiro atoms. The van der Waals surface area contributed by atoms with Gasteiger partial charge in [0.15, 0.2) is 17.7 Å². The summed E-state index contributed by atoms with van der Waals surface area (Å²) < 4.78 is 34.5. The summed E-state index contributed by atoms with van der Waals surface area (Å²) in [5.41, 5.74) is -2.29. The summed E-state index contributed by atoms with van der Waals surface area (Å²) >= 11 is 0. The van der Waals surface area contributed by atoms with Crippen LogP contribution in [0.3, 0.4) is 0 Å². The molecule has 1 amide bonds. The minimum absolute atomic E-state index is 0.0672. The predicted molar refractivity (Wildman–Crippen MR) is 217 cm³/mol. The molecule has 4 fully saturated rings. The Bertz CT molecular complexity index is 1840. The van der Waals surface area contributed by atoms with E-state index in [1.165, 1.54) is 6.92 Å². The number of methoxy groups -OCH3 is 1. The molecule has 6 heterocycles. The fourth-order valence-corrected chi connectivity index (χ4v) is 10.8. The van der Waals surface area contributed by atoms with Crippen molar-refractivity contribution in [3.63, 3.8) is 0 Å². The summed E-state index contributed by atoms with van der Waals surface area (Å²) in [6, 6.07) is 2.67. The van der Waals surface area contributed by atoms with Crippen molar-refractivity contribution in [1.29, 1.82) is 0 Å². The molecule has 4 aliphatic heterocycles. The van der Waals surface area contributed by atoms with Gasteiger partial charge in [-0.25, -0.2) is 9.78 Å². The van der Waals surface area contributed by atoms with Crippen LogP contribution in [-0.2, 0) is 44.6 Å². The summed E-state index contributed by atoms with van der Waals surface area (Å²) in [4.78, 5) is 70.4. The third kappa shape index (κ3) is 8.09. The zero-order valence-corrected chi connectivity index (χ0v) is 36.6. The molecule has 1 N–H and O–H groups in total. The number of aliphatic hydroxyl groups excluding tert-OH is 1. The second-order valence-electron chi connectivity index (χ2n) is 18.2. The number of ether oxygens (including phenoxy) is 5. The van der Waals surface area contributed by atoms with Gasteiger partial charge in [-0.05, 0) is 86.0 Å². The van der Waals surface area contributed by atoms with Crippen molar-refractivity contribution in [1.82, 2.24) is 24.3 Å². The van der Waals surface area contributed by atoms with E-state index in [1.54, 1.807) is 44.6 Å². The highest BCUT2D eigenvalue weighted by Gasteiger charge is 2.66. The summed E-state index contributed by atoms with van der Waals surface area (Å²) in [6.45, 7) is 14.9. The Labute approximate surface area is 348 Å². The number of carbonyl (C=O) groups is 4. The quantitative estimate of drug-likeness (QED) is 0.253. The number of pyridine rings is 1.